The van der Waals surface area contributed by atoms with Gasteiger partial charge in [0.15, 0.2) is 0 Å². The molecule has 0 amide bonds. The Kier molecular flexibility index (Phi) is 6.06. The summed E-state index contributed by atoms with van der Waals surface area (Å²) in [4.78, 5) is 0. The molecule has 0 heterocycles. The first-order valence-corrected chi connectivity index (χ1v) is 3.67. The molecule has 10 heavy (non-hydrogen) atoms. The lowest BCUT2D eigenvalue weighted by Crippen LogP contribution is -2.20. The highest BCUT2D eigenvalue weighted by molar-refractivity contribution is 4.48. The molecule has 60 valence electrons. The van der Waals surface area contributed by atoms with E-state index in [0.29, 0.717) is 6.54 Å². The molecule has 4 nitrogen and oxygen atoms in total. The zero-order valence-corrected chi connectivity index (χ0v) is 6.51. The van der Waals surface area contributed by atoms with E-state index in [-0.39, 0.29) is 0 Å². The van der Waals surface area contributed by atoms with Crippen LogP contribution >= 0.6 is 0 Å². The molecule has 4 heteroatoms. The van der Waals surface area contributed by atoms with Gasteiger partial charge in [-0.2, -0.15) is 5.53 Å². The molecule has 0 unspecified atom stereocenters. The Labute approximate surface area is 61.9 Å². The molecule has 0 aromatic carbocycles. The van der Waals surface area contributed by atoms with E-state index in [1.807, 2.05) is 0 Å². The van der Waals surface area contributed by atoms with E-state index in [9.17, 15) is 0 Å². The lowest BCUT2D eigenvalue weighted by atomic mass is 10.4. The summed E-state index contributed by atoms with van der Waals surface area (Å²) in [5.74, 6) is 0. The van der Waals surface area contributed by atoms with Crippen molar-refractivity contribution in [1.82, 2.24) is 5.01 Å². The van der Waals surface area contributed by atoms with Crippen LogP contribution in [-0.2, 0) is 0 Å². The minimum Gasteiger partial charge on any atom is -0.330 e. The summed E-state index contributed by atoms with van der Waals surface area (Å²) in [6.07, 6.45) is 1.95. The van der Waals surface area contributed by atoms with Gasteiger partial charge in [-0.25, -0.2) is 0 Å². The van der Waals surface area contributed by atoms with Crippen molar-refractivity contribution in [3.8, 4) is 0 Å². The predicted octanol–water partition coefficient (Wildman–Crippen LogP) is 0.993. The minimum absolute atomic E-state index is 0.676. The number of hydrogen-bond donors (Lipinski definition) is 2. The molecule has 3 N–H and O–H groups in total. The highest BCUT2D eigenvalue weighted by atomic mass is 15.5. The Bertz CT molecular complexity index is 83.8. The molecule has 0 saturated carbocycles. The van der Waals surface area contributed by atoms with Gasteiger partial charge in [0, 0.05) is 13.1 Å². The van der Waals surface area contributed by atoms with Crippen molar-refractivity contribution in [3.05, 3.63) is 0 Å². The molecule has 0 aliphatic carbocycles. The van der Waals surface area contributed by atoms with Gasteiger partial charge in [0.1, 0.15) is 0 Å². The molecular weight excluding hydrogens is 128 g/mol. The van der Waals surface area contributed by atoms with Crippen LogP contribution in [-0.4, -0.2) is 24.6 Å². The Morgan fingerprint density at radius 1 is 1.50 bits per heavy atom. The van der Waals surface area contributed by atoms with Crippen LogP contribution < -0.4 is 5.73 Å². The van der Waals surface area contributed by atoms with Crippen molar-refractivity contribution in [3.63, 3.8) is 0 Å². The topological polar surface area (TPSA) is 65.5 Å². The smallest absolute Gasteiger partial charge is 0.0389 e. The molecule has 0 rings (SSSR count). The zero-order valence-electron chi connectivity index (χ0n) is 6.51. The Morgan fingerprint density at radius 3 is 2.60 bits per heavy atom. The number of hydrogen-bond acceptors (Lipinski definition) is 3. The highest BCUT2D eigenvalue weighted by Gasteiger charge is 1.96. The Morgan fingerprint density at radius 2 is 2.20 bits per heavy atom. The van der Waals surface area contributed by atoms with Crippen LogP contribution in [0.5, 0.6) is 0 Å². The number of nitrogens with one attached hydrogen (secondary N) is 1. The quantitative estimate of drug-likeness (QED) is 0.431. The van der Waals surface area contributed by atoms with Crippen LogP contribution in [0.4, 0.5) is 0 Å². The maximum absolute atomic E-state index is 6.75. The summed E-state index contributed by atoms with van der Waals surface area (Å²) >= 11 is 0. The summed E-state index contributed by atoms with van der Waals surface area (Å²) in [5.41, 5.74) is 12.0. The van der Waals surface area contributed by atoms with E-state index in [1.165, 1.54) is 0 Å². The zero-order chi connectivity index (χ0) is 7.82. The fourth-order valence-electron chi connectivity index (χ4n) is 0.744. The largest absolute Gasteiger partial charge is 0.330 e. The molecule has 0 spiro atoms. The van der Waals surface area contributed by atoms with E-state index < -0.39 is 0 Å². The third kappa shape index (κ3) is 4.26. The monoisotopic (exact) mass is 144 g/mol. The van der Waals surface area contributed by atoms with Crippen LogP contribution in [0.3, 0.4) is 0 Å². The molecule has 0 aromatic rings. The maximum Gasteiger partial charge on any atom is 0.0389 e. The fraction of sp³-hybridized carbons (Fsp3) is 1.00. The SMILES string of the molecule is CCCN(CCCN)N=N. The predicted molar refractivity (Wildman–Crippen MR) is 40.7 cm³/mol. The minimum atomic E-state index is 0.676. The van der Waals surface area contributed by atoms with Gasteiger partial charge in [-0.05, 0) is 19.4 Å². The number of nitrogens with zero attached hydrogens (tertiary/aromatic N) is 2. The maximum atomic E-state index is 6.75. The van der Waals surface area contributed by atoms with E-state index in [1.54, 1.807) is 5.01 Å². The molecule has 0 bridgehead atoms. The third-order valence-corrected chi connectivity index (χ3v) is 1.24. The Hall–Kier alpha value is -0.640. The lowest BCUT2D eigenvalue weighted by Gasteiger charge is -2.14. The van der Waals surface area contributed by atoms with Crippen molar-refractivity contribution in [2.24, 2.45) is 11.0 Å². The van der Waals surface area contributed by atoms with Crippen molar-refractivity contribution in [2.45, 2.75) is 19.8 Å². The fourth-order valence-corrected chi connectivity index (χ4v) is 0.744. The van der Waals surface area contributed by atoms with Crippen LogP contribution in [0.2, 0.25) is 0 Å². The molecule has 0 aliphatic heterocycles. The molecule has 0 aliphatic rings. The molecule has 0 atom stereocenters. The number of rotatable bonds is 6. The summed E-state index contributed by atoms with van der Waals surface area (Å²) in [6, 6.07) is 0. The second-order valence-corrected chi connectivity index (χ2v) is 2.20. The molecule has 0 aromatic heterocycles. The second-order valence-electron chi connectivity index (χ2n) is 2.20. The van der Waals surface area contributed by atoms with Gasteiger partial charge in [0.25, 0.3) is 0 Å². The summed E-state index contributed by atoms with van der Waals surface area (Å²) in [7, 11) is 0. The molecule has 0 radical (unpaired) electrons. The van der Waals surface area contributed by atoms with E-state index in [4.69, 9.17) is 11.3 Å². The van der Waals surface area contributed by atoms with Gasteiger partial charge in [-0.3, -0.25) is 5.01 Å². The van der Waals surface area contributed by atoms with Gasteiger partial charge in [-0.15, -0.1) is 0 Å². The van der Waals surface area contributed by atoms with Crippen molar-refractivity contribution < 1.29 is 0 Å². The van der Waals surface area contributed by atoms with Crippen molar-refractivity contribution in [1.29, 1.82) is 5.53 Å². The summed E-state index contributed by atoms with van der Waals surface area (Å²) in [6.45, 7) is 4.42. The second kappa shape index (κ2) is 6.48. The molecule has 0 fully saturated rings. The number of nitrogens with two attached hydrogens (primary N) is 1. The van der Waals surface area contributed by atoms with Gasteiger partial charge >= 0.3 is 0 Å². The first-order valence-electron chi connectivity index (χ1n) is 3.67. The average molecular weight is 144 g/mol. The average Bonchev–Trinajstić information content (AvgIpc) is 1.98. The summed E-state index contributed by atoms with van der Waals surface area (Å²) < 4.78 is 0. The van der Waals surface area contributed by atoms with Gasteiger partial charge < -0.3 is 5.73 Å². The van der Waals surface area contributed by atoms with Crippen molar-refractivity contribution >= 4 is 0 Å². The van der Waals surface area contributed by atoms with E-state index in [0.717, 1.165) is 25.9 Å². The van der Waals surface area contributed by atoms with Crippen LogP contribution in [0.1, 0.15) is 19.8 Å². The van der Waals surface area contributed by atoms with E-state index >= 15 is 0 Å². The normalized spacial score (nSPS) is 9.40. The van der Waals surface area contributed by atoms with Gasteiger partial charge in [0.2, 0.25) is 0 Å². The standard InChI is InChI=1S/C6H16N4/c1-2-5-10(9-8)6-3-4-7/h8H,2-7H2,1H3. The van der Waals surface area contributed by atoms with Crippen LogP contribution in [0.15, 0.2) is 5.22 Å². The van der Waals surface area contributed by atoms with Crippen LogP contribution in [0, 0.1) is 5.53 Å². The first-order chi connectivity index (χ1) is 4.85. The van der Waals surface area contributed by atoms with Gasteiger partial charge in [-0.1, -0.05) is 12.1 Å². The van der Waals surface area contributed by atoms with Gasteiger partial charge in [0.05, 0.1) is 0 Å². The van der Waals surface area contributed by atoms with Crippen LogP contribution in [0.25, 0.3) is 0 Å². The van der Waals surface area contributed by atoms with E-state index in [2.05, 4.69) is 12.1 Å². The van der Waals surface area contributed by atoms with Crippen molar-refractivity contribution in [2.75, 3.05) is 19.6 Å². The lowest BCUT2D eigenvalue weighted by molar-refractivity contribution is 0.259. The Balaban J connectivity index is 3.29. The third-order valence-electron chi connectivity index (χ3n) is 1.24. The molecular formula is C6H16N4. The highest BCUT2D eigenvalue weighted by Crippen LogP contribution is 1.92. The first kappa shape index (κ1) is 9.36. The molecule has 0 saturated heterocycles. The summed E-state index contributed by atoms with van der Waals surface area (Å²) in [5, 5.41) is 5.07.